The quantitative estimate of drug-likeness (QED) is 0.0215. The number of hydrogen-bond acceptors (Lipinski definition) is 10. The van der Waals surface area contributed by atoms with Gasteiger partial charge in [-0.15, -0.1) is 0 Å². The van der Waals surface area contributed by atoms with Crippen molar-refractivity contribution >= 4 is 5.91 Å². The Balaban J connectivity index is 2.23. The van der Waals surface area contributed by atoms with E-state index in [2.05, 4.69) is 55.6 Å². The van der Waals surface area contributed by atoms with E-state index in [0.29, 0.717) is 19.3 Å². The maximum Gasteiger partial charge on any atom is 0.249 e. The second-order valence-corrected chi connectivity index (χ2v) is 22.8. The summed E-state index contributed by atoms with van der Waals surface area (Å²) >= 11 is 0. The van der Waals surface area contributed by atoms with E-state index in [1.807, 2.05) is 0 Å². The Morgan fingerprint density at radius 2 is 0.789 bits per heavy atom. The first-order valence-electron chi connectivity index (χ1n) is 32.4. The number of unbranched alkanes of at least 4 members (excludes halogenated alkanes) is 38. The van der Waals surface area contributed by atoms with Crippen LogP contribution in [0.15, 0.2) is 36.5 Å². The molecule has 11 nitrogen and oxygen atoms in total. The third kappa shape index (κ3) is 41.4. The molecule has 0 aromatic rings. The summed E-state index contributed by atoms with van der Waals surface area (Å²) in [6, 6.07) is -1.19. The zero-order valence-corrected chi connectivity index (χ0v) is 49.2. The lowest BCUT2D eigenvalue weighted by molar-refractivity contribution is -0.303. The van der Waals surface area contributed by atoms with Crippen molar-refractivity contribution in [2.75, 3.05) is 13.2 Å². The molecule has 0 aliphatic carbocycles. The molecule has 1 saturated heterocycles. The third-order valence-electron chi connectivity index (χ3n) is 15.6. The Morgan fingerprint density at radius 3 is 1.17 bits per heavy atom. The van der Waals surface area contributed by atoms with Crippen molar-refractivity contribution in [3.8, 4) is 0 Å². The topological polar surface area (TPSA) is 189 Å². The van der Waals surface area contributed by atoms with Crippen LogP contribution in [0.25, 0.3) is 0 Å². The second kappa shape index (κ2) is 53.9. The largest absolute Gasteiger partial charge is 0.394 e. The number of aliphatic hydroxyl groups excluding tert-OH is 7. The molecule has 1 aliphatic heterocycles. The predicted molar refractivity (Wildman–Crippen MR) is 316 cm³/mol. The summed E-state index contributed by atoms with van der Waals surface area (Å²) in [5.41, 5.74) is 0. The standard InChI is InChI=1S/C65H123NO10/c1-3-5-7-9-11-13-15-17-19-21-23-24-25-26-27-28-29-30-31-32-33-34-35-37-39-41-43-45-47-49-51-53-58(69)64(74)66-56(55-75-65-63(73)62(72)61(71)59(54-67)76-65)60(70)57(68)52-50-48-46-44-42-40-38-36-22-20-18-16-14-12-10-8-6-4-2/h26-27,36,38,44,46,56-63,65,67-73H,3-25,28-35,37,39-43,45,47-55H2,1-2H3,(H,66,74)/b27-26-,38-36+,46-44+. The highest BCUT2D eigenvalue weighted by Gasteiger charge is 2.44. The van der Waals surface area contributed by atoms with Gasteiger partial charge in [0.15, 0.2) is 6.29 Å². The van der Waals surface area contributed by atoms with Gasteiger partial charge in [-0.1, -0.05) is 262 Å². The van der Waals surface area contributed by atoms with E-state index >= 15 is 0 Å². The van der Waals surface area contributed by atoms with Crippen molar-refractivity contribution in [3.05, 3.63) is 36.5 Å². The van der Waals surface area contributed by atoms with Gasteiger partial charge in [0.2, 0.25) is 5.91 Å². The molecule has 0 bridgehead atoms. The fourth-order valence-electron chi connectivity index (χ4n) is 10.4. The molecular formula is C65H123NO10. The molecule has 1 amide bonds. The first-order valence-corrected chi connectivity index (χ1v) is 32.4. The molecule has 448 valence electrons. The molecule has 0 spiro atoms. The number of carbonyl (C=O) groups is 1. The van der Waals surface area contributed by atoms with Gasteiger partial charge in [-0.25, -0.2) is 0 Å². The van der Waals surface area contributed by atoms with Crippen molar-refractivity contribution in [2.45, 2.75) is 358 Å². The SMILES string of the molecule is CCCCCCCCCCC/C=C/CC/C=C/CCCC(O)C(O)C(COC1OC(CO)C(O)C(O)C1O)NC(=O)C(O)CCCCCCCCCCCCCCCCC/C=C\CCCCCCCCCCCCCC. The number of allylic oxidation sites excluding steroid dienone is 6. The molecule has 9 atom stereocenters. The van der Waals surface area contributed by atoms with Gasteiger partial charge in [0.25, 0.3) is 0 Å². The monoisotopic (exact) mass is 1080 g/mol. The first kappa shape index (κ1) is 72.3. The maximum absolute atomic E-state index is 13.2. The van der Waals surface area contributed by atoms with Crippen LogP contribution in [0.1, 0.15) is 303 Å². The highest BCUT2D eigenvalue weighted by atomic mass is 16.7. The van der Waals surface area contributed by atoms with Crippen LogP contribution in [0, 0.1) is 0 Å². The molecule has 0 saturated carbocycles. The molecule has 9 unspecified atom stereocenters. The lowest BCUT2D eigenvalue weighted by Crippen LogP contribution is -2.60. The molecule has 0 aromatic carbocycles. The van der Waals surface area contributed by atoms with Crippen LogP contribution < -0.4 is 5.32 Å². The van der Waals surface area contributed by atoms with Crippen molar-refractivity contribution in [1.82, 2.24) is 5.32 Å². The number of carbonyl (C=O) groups excluding carboxylic acids is 1. The first-order chi connectivity index (χ1) is 37.2. The van der Waals surface area contributed by atoms with Gasteiger partial charge in [0.1, 0.15) is 36.6 Å². The molecule has 1 rings (SSSR count). The summed E-state index contributed by atoms with van der Waals surface area (Å²) in [7, 11) is 0. The van der Waals surface area contributed by atoms with Crippen LogP contribution in [0.5, 0.6) is 0 Å². The molecule has 8 N–H and O–H groups in total. The minimum absolute atomic E-state index is 0.247. The summed E-state index contributed by atoms with van der Waals surface area (Å²) in [6.45, 7) is 3.47. The molecule has 1 fully saturated rings. The lowest BCUT2D eigenvalue weighted by atomic mass is 9.98. The van der Waals surface area contributed by atoms with Crippen LogP contribution in [0.2, 0.25) is 0 Å². The molecule has 0 radical (unpaired) electrons. The minimum atomic E-state index is -1.67. The van der Waals surface area contributed by atoms with Crippen molar-refractivity contribution in [1.29, 1.82) is 0 Å². The van der Waals surface area contributed by atoms with Gasteiger partial charge < -0.3 is 50.5 Å². The average molecular weight is 1080 g/mol. The average Bonchev–Trinajstić information content (AvgIpc) is 3.42. The van der Waals surface area contributed by atoms with E-state index in [-0.39, 0.29) is 12.8 Å². The van der Waals surface area contributed by atoms with E-state index in [1.165, 1.54) is 218 Å². The van der Waals surface area contributed by atoms with Gasteiger partial charge in [0.05, 0.1) is 25.4 Å². The number of rotatable bonds is 56. The number of ether oxygens (including phenoxy) is 2. The Hall–Kier alpha value is -1.67. The number of aliphatic hydroxyl groups is 7. The van der Waals surface area contributed by atoms with Gasteiger partial charge in [-0.2, -0.15) is 0 Å². The molecule has 11 heteroatoms. The third-order valence-corrected chi connectivity index (χ3v) is 15.6. The zero-order chi connectivity index (χ0) is 55.4. The van der Waals surface area contributed by atoms with Crippen molar-refractivity contribution in [3.63, 3.8) is 0 Å². The van der Waals surface area contributed by atoms with Crippen LogP contribution in [0.4, 0.5) is 0 Å². The Kier molecular flexibility index (Phi) is 51.3. The molecule has 1 heterocycles. The van der Waals surface area contributed by atoms with Crippen molar-refractivity contribution < 1.29 is 50.0 Å². The summed E-state index contributed by atoms with van der Waals surface area (Å²) in [5, 5.41) is 76.2. The normalized spacial score (nSPS) is 19.8. The van der Waals surface area contributed by atoms with Gasteiger partial charge in [-0.05, 0) is 77.0 Å². The van der Waals surface area contributed by atoms with Crippen molar-refractivity contribution in [2.24, 2.45) is 0 Å². The van der Waals surface area contributed by atoms with Crippen LogP contribution in [-0.2, 0) is 14.3 Å². The lowest BCUT2D eigenvalue weighted by Gasteiger charge is -2.40. The van der Waals surface area contributed by atoms with E-state index in [0.717, 1.165) is 38.5 Å². The van der Waals surface area contributed by atoms with Crippen LogP contribution in [0.3, 0.4) is 0 Å². The zero-order valence-electron chi connectivity index (χ0n) is 49.2. The minimum Gasteiger partial charge on any atom is -0.394 e. The summed E-state index contributed by atoms with van der Waals surface area (Å²) in [6.07, 6.45) is 56.5. The fourth-order valence-corrected chi connectivity index (χ4v) is 10.4. The highest BCUT2D eigenvalue weighted by molar-refractivity contribution is 5.80. The smallest absolute Gasteiger partial charge is 0.249 e. The number of amides is 1. The van der Waals surface area contributed by atoms with Gasteiger partial charge in [-0.3, -0.25) is 4.79 Å². The summed E-state index contributed by atoms with van der Waals surface area (Å²) in [5.74, 6) is -0.707. The van der Waals surface area contributed by atoms with Gasteiger partial charge in [0, 0.05) is 0 Å². The molecular weight excluding hydrogens is 955 g/mol. The Labute approximate surface area is 467 Å². The van der Waals surface area contributed by atoms with E-state index in [9.17, 15) is 40.5 Å². The predicted octanol–water partition coefficient (Wildman–Crippen LogP) is 14.6. The second-order valence-electron chi connectivity index (χ2n) is 22.8. The number of nitrogens with one attached hydrogen (secondary N) is 1. The van der Waals surface area contributed by atoms with E-state index in [1.54, 1.807) is 0 Å². The highest BCUT2D eigenvalue weighted by Crippen LogP contribution is 2.23. The summed E-state index contributed by atoms with van der Waals surface area (Å²) in [4.78, 5) is 13.2. The molecule has 1 aliphatic rings. The summed E-state index contributed by atoms with van der Waals surface area (Å²) < 4.78 is 11.1. The Morgan fingerprint density at radius 1 is 0.447 bits per heavy atom. The molecule has 0 aromatic heterocycles. The molecule has 76 heavy (non-hydrogen) atoms. The van der Waals surface area contributed by atoms with Crippen LogP contribution >= 0.6 is 0 Å². The van der Waals surface area contributed by atoms with E-state index < -0.39 is 74.2 Å². The number of hydrogen-bond donors (Lipinski definition) is 8. The fraction of sp³-hybridized carbons (Fsp3) is 0.892. The van der Waals surface area contributed by atoms with E-state index in [4.69, 9.17) is 9.47 Å². The van der Waals surface area contributed by atoms with Crippen LogP contribution in [-0.4, -0.2) is 110 Å². The maximum atomic E-state index is 13.2. The van der Waals surface area contributed by atoms with Gasteiger partial charge >= 0.3 is 0 Å². The Bertz CT molecular complexity index is 1330.